The molecule has 0 unspecified atom stereocenters. The van der Waals surface area contributed by atoms with Gasteiger partial charge in [0.2, 0.25) is 0 Å². The van der Waals surface area contributed by atoms with Crippen LogP contribution in [0.4, 0.5) is 46.5 Å². The van der Waals surface area contributed by atoms with Crippen LogP contribution >= 0.6 is 54.3 Å². The number of likely N-dealkylation sites (tertiary alicyclic amines) is 2. The van der Waals surface area contributed by atoms with Crippen LogP contribution in [0.5, 0.6) is 0 Å². The number of nitrogens with zero attached hydrogens (tertiary/aromatic N) is 4. The molecule has 4 N–H and O–H groups in total. The van der Waals surface area contributed by atoms with Crippen molar-refractivity contribution < 1.29 is 65.8 Å². The van der Waals surface area contributed by atoms with Crippen molar-refractivity contribution in [1.29, 1.82) is 0 Å². The molecule has 132 heavy (non-hydrogen) atoms. The number of terminal acetylenes is 1. The molecule has 18 rings (SSSR count). The van der Waals surface area contributed by atoms with E-state index >= 15 is 0 Å². The summed E-state index contributed by atoms with van der Waals surface area (Å²) in [6.45, 7) is -0.599. The zero-order chi connectivity index (χ0) is 92.2. The molecule has 2 aliphatic heterocycles. The number of anilines is 2. The monoisotopic (exact) mass is 2050 g/mol. The van der Waals surface area contributed by atoms with E-state index in [1.807, 2.05) is 52.4 Å². The van der Waals surface area contributed by atoms with E-state index < -0.39 is 82.1 Å². The fourth-order valence-corrected chi connectivity index (χ4v) is 25.2. The molecule has 0 bridgehead atoms. The summed E-state index contributed by atoms with van der Waals surface area (Å²) in [6, 6.07) is 142. The van der Waals surface area contributed by atoms with E-state index in [2.05, 4.69) is 393 Å². The van der Waals surface area contributed by atoms with Gasteiger partial charge < -0.3 is 39.8 Å². The standard InChI is InChI=1S/C19H21F4N3O.4C18H15P.C16H18F4IN3.C3H4O.Pd/c1-25-8-7-17(15(20)11-25)24-16-5-2-6-18-14(16)10-13(4-3-9-27)26(18)12-19(21,22)23;4*1-4-10-16(11-5-1)19(17-12-6-2-7-13-17)18-14-8-3-9-15-18;1-23-6-5-13(11(17)8-23)22-12-3-2-4-14-10(12)7-15(21)24(14)9-16(18,19)20;1-2-3-4;/h2,5-6,10,15,17,24,27H,7-9,11-12H2,1H3;4*1-15H;2-4,7,11,13,22H,5-6,8-9H2,1H3;1,4H,3H2;/t15-,17+;;;;;11-,13+;;/m0....0../s1. The number of nitrogens with one attached hydrogen (secondary N) is 2. The van der Waals surface area contributed by atoms with Crippen LogP contribution in [-0.2, 0) is 33.5 Å². The molecule has 0 radical (unpaired) electrons. The second kappa shape index (κ2) is 52.6. The minimum absolute atomic E-state index is 0. The molecule has 2 fully saturated rings. The number of piperidine rings is 2. The third-order valence-corrected chi connectivity index (χ3v) is 31.9. The maximum absolute atomic E-state index is 14.3. The molecule has 0 aliphatic carbocycles. The quantitative estimate of drug-likeness (QED) is 0.0225. The maximum atomic E-state index is 14.3. The van der Waals surface area contributed by atoms with Crippen molar-refractivity contribution >= 4 is 151 Å². The minimum Gasteiger partial charge on any atom is -0.384 e. The average molecular weight is 2050 g/mol. The molecule has 14 aromatic carbocycles. The zero-order valence-electron chi connectivity index (χ0n) is 72.9. The number of halogens is 9. The molecular weight excluding hydrogens is 1950 g/mol. The van der Waals surface area contributed by atoms with Crippen LogP contribution in [-0.4, -0.2) is 119 Å². The number of benzene rings is 14. The van der Waals surface area contributed by atoms with Gasteiger partial charge in [-0.1, -0.05) is 388 Å². The smallest absolute Gasteiger partial charge is 0.384 e. The first-order valence-corrected chi connectivity index (χ1v) is 49.4. The van der Waals surface area contributed by atoms with Crippen molar-refractivity contribution in [3.8, 4) is 24.2 Å². The summed E-state index contributed by atoms with van der Waals surface area (Å²) < 4.78 is 109. The van der Waals surface area contributed by atoms with Crippen LogP contribution in [0.3, 0.4) is 0 Å². The molecule has 2 aliphatic rings. The van der Waals surface area contributed by atoms with Crippen molar-refractivity contribution in [3.63, 3.8) is 0 Å². The molecule has 2 aromatic heterocycles. The van der Waals surface area contributed by atoms with Crippen molar-refractivity contribution in [1.82, 2.24) is 18.9 Å². The van der Waals surface area contributed by atoms with Crippen LogP contribution in [0.1, 0.15) is 18.5 Å². The predicted octanol–water partition coefficient (Wildman–Crippen LogP) is 20.7. The SMILES string of the molecule is C#CCO.CN1CC[C@@H](Nc2cccc3c2cc(C#CCO)n3CC(F)(F)F)[C@@H](F)C1.CN1CC[C@@H](Nc2cccc3c2cc(I)n3CC(F)(F)F)[C@@H](F)C1.[Pd].c1ccc(P(c2ccccc2)c2ccccc2)cc1.c1ccc(P(c2ccccc2)c2ccccc2)cc1.c1ccc(P(c2ccccc2)c2ccccc2)cc1.c1ccc(P(c2ccccc2)c2ccccc2)cc1. The first-order valence-electron chi connectivity index (χ1n) is 42.9. The van der Waals surface area contributed by atoms with Gasteiger partial charge in [-0.05, 0) is 187 Å². The van der Waals surface area contributed by atoms with E-state index in [0.717, 1.165) is 17.7 Å². The van der Waals surface area contributed by atoms with Crippen LogP contribution in [0, 0.1) is 27.9 Å². The van der Waals surface area contributed by atoms with Gasteiger partial charge >= 0.3 is 12.4 Å². The molecule has 4 heterocycles. The number of hydrogen-bond acceptors (Lipinski definition) is 6. The minimum atomic E-state index is -4.41. The van der Waals surface area contributed by atoms with Crippen LogP contribution in [0.2, 0.25) is 0 Å². The van der Waals surface area contributed by atoms with E-state index in [4.69, 9.17) is 10.2 Å². The first kappa shape index (κ1) is 102. The Morgan fingerprint density at radius 2 is 0.576 bits per heavy atom. The fourth-order valence-electron chi connectivity index (χ4n) is 15.3. The van der Waals surface area contributed by atoms with Gasteiger partial charge in [-0.25, -0.2) is 8.78 Å². The Hall–Kier alpha value is -10.7. The van der Waals surface area contributed by atoms with E-state index in [1.54, 1.807) is 48.5 Å². The number of aliphatic hydroxyl groups excluding tert-OH is 2. The van der Waals surface area contributed by atoms with E-state index in [9.17, 15) is 35.1 Å². The summed E-state index contributed by atoms with van der Waals surface area (Å²) in [7, 11) is 1.95. The molecule has 22 heteroatoms. The van der Waals surface area contributed by atoms with Crippen LogP contribution in [0.25, 0.3) is 21.8 Å². The summed E-state index contributed by atoms with van der Waals surface area (Å²) in [6.07, 6.45) is -4.97. The van der Waals surface area contributed by atoms with Gasteiger partial charge in [0.05, 0.1) is 32.5 Å². The summed E-state index contributed by atoms with van der Waals surface area (Å²) in [5, 5.41) is 40.9. The normalized spacial score (nSPS) is 14.7. The Kier molecular flexibility index (Phi) is 40.6. The van der Waals surface area contributed by atoms with E-state index in [-0.39, 0.29) is 38.8 Å². The number of rotatable bonds is 18. The number of aliphatic hydroxyl groups is 2. The predicted molar refractivity (Wildman–Crippen MR) is 548 cm³/mol. The molecule has 4 atom stereocenters. The Morgan fingerprint density at radius 1 is 0.348 bits per heavy atom. The zero-order valence-corrected chi connectivity index (χ0v) is 80.2. The Balaban J connectivity index is 0.000000152. The van der Waals surface area contributed by atoms with Crippen molar-refractivity contribution in [3.05, 3.63) is 422 Å². The van der Waals surface area contributed by atoms with Gasteiger partial charge in [-0.2, -0.15) is 26.3 Å². The number of aromatic nitrogens is 2. The number of hydrogen-bond donors (Lipinski definition) is 4. The Morgan fingerprint density at radius 3 is 0.795 bits per heavy atom. The van der Waals surface area contributed by atoms with Gasteiger partial charge in [-0.3, -0.25) is 0 Å². The first-order chi connectivity index (χ1) is 63.7. The second-order valence-corrected chi connectivity index (χ2v) is 40.7. The molecular formula is C110H103F8IN6O2P4Pd. The fraction of sp³-hybridized carbons (Fsp3) is 0.164. The van der Waals surface area contributed by atoms with Crippen molar-refractivity contribution in [2.24, 2.45) is 0 Å². The molecule has 678 valence electrons. The second-order valence-electron chi connectivity index (χ2n) is 30.7. The molecule has 0 amide bonds. The van der Waals surface area contributed by atoms with Gasteiger partial charge in [0.15, 0.2) is 0 Å². The van der Waals surface area contributed by atoms with E-state index in [0.29, 0.717) is 62.8 Å². The van der Waals surface area contributed by atoms with Crippen molar-refractivity contribution in [2.75, 3.05) is 64.1 Å². The van der Waals surface area contributed by atoms with Gasteiger partial charge in [-0.15, -0.1) is 6.42 Å². The number of fused-ring (bicyclic) bond motifs is 2. The summed E-state index contributed by atoms with van der Waals surface area (Å²) in [4.78, 5) is 3.85. The largest absolute Gasteiger partial charge is 0.406 e. The van der Waals surface area contributed by atoms with Gasteiger partial charge in [0.25, 0.3) is 0 Å². The topological polar surface area (TPSA) is 80.9 Å². The van der Waals surface area contributed by atoms with E-state index in [1.165, 1.54) is 68.2 Å². The molecule has 0 saturated carbocycles. The molecule has 0 spiro atoms. The third kappa shape index (κ3) is 30.4. The third-order valence-electron chi connectivity index (χ3n) is 21.2. The Bertz CT molecular complexity index is 5300. The maximum Gasteiger partial charge on any atom is 0.406 e. The van der Waals surface area contributed by atoms with Crippen LogP contribution < -0.4 is 74.3 Å². The average Bonchev–Trinajstić information content (AvgIpc) is 1.63. The summed E-state index contributed by atoms with van der Waals surface area (Å²) in [5.74, 6) is 6.96. The molecule has 16 aromatic rings. The van der Waals surface area contributed by atoms with Crippen molar-refractivity contribution in [2.45, 2.75) is 62.7 Å². The van der Waals surface area contributed by atoms with Gasteiger partial charge in [0, 0.05) is 68.7 Å². The summed E-state index contributed by atoms with van der Waals surface area (Å²) >= 11 is 1.90. The molecule has 8 nitrogen and oxygen atoms in total. The Labute approximate surface area is 802 Å². The summed E-state index contributed by atoms with van der Waals surface area (Å²) in [5.41, 5.74) is 2.29. The molecule has 2 saturated heterocycles. The van der Waals surface area contributed by atoms with Gasteiger partial charge in [0.1, 0.15) is 38.6 Å². The van der Waals surface area contributed by atoms with Crippen LogP contribution in [0.15, 0.2) is 413 Å². The number of alkyl halides is 8.